The predicted molar refractivity (Wildman–Crippen MR) is 49.8 cm³/mol. The molecule has 0 aromatic carbocycles. The molecule has 0 heterocycles. The first-order chi connectivity index (χ1) is 5.33. The molecule has 1 N–H and O–H groups in total. The molecular formula is C10H21N. The molecule has 0 atom stereocenters. The van der Waals surface area contributed by atoms with Crippen LogP contribution in [0.3, 0.4) is 0 Å². The van der Waals surface area contributed by atoms with Crippen LogP contribution in [0.15, 0.2) is 0 Å². The van der Waals surface area contributed by atoms with E-state index in [0.717, 1.165) is 0 Å². The summed E-state index contributed by atoms with van der Waals surface area (Å²) in [4.78, 5) is 0. The fourth-order valence-electron chi connectivity index (χ4n) is 2.33. The maximum absolute atomic E-state index is 3.52. The van der Waals surface area contributed by atoms with Crippen molar-refractivity contribution in [2.75, 3.05) is 7.05 Å². The van der Waals surface area contributed by atoms with Crippen molar-refractivity contribution in [2.45, 2.75) is 57.4 Å². The van der Waals surface area contributed by atoms with Gasteiger partial charge in [-0.3, -0.25) is 0 Å². The zero-order valence-corrected chi connectivity index (χ0v) is 7.95. The summed E-state index contributed by atoms with van der Waals surface area (Å²) in [5, 5.41) is 3.52. The molecule has 0 aliphatic heterocycles. The molecule has 1 aliphatic rings. The van der Waals surface area contributed by atoms with Crippen LogP contribution < -0.4 is 5.32 Å². The van der Waals surface area contributed by atoms with Crippen LogP contribution in [-0.2, 0) is 0 Å². The Labute approximate surface area is 70.6 Å². The van der Waals surface area contributed by atoms with Crippen LogP contribution in [0.2, 0.25) is 0 Å². The molecule has 1 saturated carbocycles. The number of rotatable bonds is 3. The Hall–Kier alpha value is -0.0400. The first-order valence-corrected chi connectivity index (χ1v) is 5.02. The molecule has 1 fully saturated rings. The van der Waals surface area contributed by atoms with Gasteiger partial charge in [0.15, 0.2) is 0 Å². The minimum absolute atomic E-state index is 0.521. The smallest absolute Gasteiger partial charge is 0.0178 e. The first kappa shape index (κ1) is 9.05. The SMILES string of the molecule is CCCC1(NC)CCCCC1. The van der Waals surface area contributed by atoms with E-state index >= 15 is 0 Å². The Morgan fingerprint density at radius 1 is 1.18 bits per heavy atom. The van der Waals surface area contributed by atoms with Gasteiger partial charge in [0.2, 0.25) is 0 Å². The molecule has 0 aromatic heterocycles. The maximum atomic E-state index is 3.52. The highest BCUT2D eigenvalue weighted by Crippen LogP contribution is 2.31. The molecule has 0 unspecified atom stereocenters. The molecule has 0 saturated heterocycles. The van der Waals surface area contributed by atoms with Crippen molar-refractivity contribution in [3.8, 4) is 0 Å². The van der Waals surface area contributed by atoms with Gasteiger partial charge in [-0.05, 0) is 26.3 Å². The maximum Gasteiger partial charge on any atom is 0.0178 e. The Morgan fingerprint density at radius 2 is 1.82 bits per heavy atom. The van der Waals surface area contributed by atoms with E-state index in [1.807, 2.05) is 0 Å². The standard InChI is InChI=1S/C10H21N/c1-3-7-10(11-2)8-5-4-6-9-10/h11H,3-9H2,1-2H3. The summed E-state index contributed by atoms with van der Waals surface area (Å²) in [5.74, 6) is 0. The van der Waals surface area contributed by atoms with Gasteiger partial charge >= 0.3 is 0 Å². The lowest BCUT2D eigenvalue weighted by Crippen LogP contribution is -2.44. The number of hydrogen-bond donors (Lipinski definition) is 1. The molecule has 1 aliphatic carbocycles. The van der Waals surface area contributed by atoms with Crippen molar-refractivity contribution >= 4 is 0 Å². The Morgan fingerprint density at radius 3 is 2.27 bits per heavy atom. The minimum atomic E-state index is 0.521. The molecule has 1 nitrogen and oxygen atoms in total. The van der Waals surface area contributed by atoms with Crippen molar-refractivity contribution in [1.29, 1.82) is 0 Å². The average molecular weight is 155 g/mol. The fourth-order valence-corrected chi connectivity index (χ4v) is 2.33. The van der Waals surface area contributed by atoms with E-state index in [9.17, 15) is 0 Å². The van der Waals surface area contributed by atoms with Gasteiger partial charge in [0.05, 0.1) is 0 Å². The van der Waals surface area contributed by atoms with Gasteiger partial charge in [0.25, 0.3) is 0 Å². The van der Waals surface area contributed by atoms with Crippen LogP contribution in [-0.4, -0.2) is 12.6 Å². The van der Waals surface area contributed by atoms with Gasteiger partial charge in [-0.2, -0.15) is 0 Å². The quantitative estimate of drug-likeness (QED) is 0.660. The average Bonchev–Trinajstić information content (AvgIpc) is 2.07. The normalized spacial score (nSPS) is 23.5. The molecule has 0 aromatic rings. The number of nitrogens with one attached hydrogen (secondary N) is 1. The minimum Gasteiger partial charge on any atom is -0.314 e. The van der Waals surface area contributed by atoms with Gasteiger partial charge in [-0.15, -0.1) is 0 Å². The molecule has 0 bridgehead atoms. The summed E-state index contributed by atoms with van der Waals surface area (Å²) in [5.41, 5.74) is 0.521. The van der Waals surface area contributed by atoms with Crippen LogP contribution in [0.4, 0.5) is 0 Å². The Kier molecular flexibility index (Phi) is 3.38. The first-order valence-electron chi connectivity index (χ1n) is 5.02. The highest BCUT2D eigenvalue weighted by atomic mass is 14.9. The van der Waals surface area contributed by atoms with E-state index in [4.69, 9.17) is 0 Å². The van der Waals surface area contributed by atoms with Crippen LogP contribution in [0, 0.1) is 0 Å². The predicted octanol–water partition coefficient (Wildman–Crippen LogP) is 2.71. The lowest BCUT2D eigenvalue weighted by molar-refractivity contribution is 0.228. The van der Waals surface area contributed by atoms with Crippen molar-refractivity contribution in [3.63, 3.8) is 0 Å². The van der Waals surface area contributed by atoms with E-state index in [2.05, 4.69) is 19.3 Å². The molecule has 11 heavy (non-hydrogen) atoms. The van der Waals surface area contributed by atoms with E-state index < -0.39 is 0 Å². The van der Waals surface area contributed by atoms with Gasteiger partial charge in [-0.1, -0.05) is 32.6 Å². The van der Waals surface area contributed by atoms with E-state index in [1.54, 1.807) is 0 Å². The molecular weight excluding hydrogens is 134 g/mol. The summed E-state index contributed by atoms with van der Waals surface area (Å²) in [6, 6.07) is 0. The summed E-state index contributed by atoms with van der Waals surface area (Å²) in [6.45, 7) is 2.29. The van der Waals surface area contributed by atoms with Crippen molar-refractivity contribution < 1.29 is 0 Å². The van der Waals surface area contributed by atoms with Crippen LogP contribution >= 0.6 is 0 Å². The van der Waals surface area contributed by atoms with Crippen LogP contribution in [0.25, 0.3) is 0 Å². The third kappa shape index (κ3) is 2.19. The monoisotopic (exact) mass is 155 g/mol. The van der Waals surface area contributed by atoms with E-state index in [-0.39, 0.29) is 0 Å². The van der Waals surface area contributed by atoms with E-state index in [1.165, 1.54) is 44.9 Å². The highest BCUT2D eigenvalue weighted by molar-refractivity contribution is 4.88. The van der Waals surface area contributed by atoms with Crippen molar-refractivity contribution in [3.05, 3.63) is 0 Å². The highest BCUT2D eigenvalue weighted by Gasteiger charge is 2.28. The van der Waals surface area contributed by atoms with E-state index in [0.29, 0.717) is 5.54 Å². The van der Waals surface area contributed by atoms with Crippen molar-refractivity contribution in [2.24, 2.45) is 0 Å². The molecule has 0 radical (unpaired) electrons. The van der Waals surface area contributed by atoms with Gasteiger partial charge in [0, 0.05) is 5.54 Å². The number of hydrogen-bond acceptors (Lipinski definition) is 1. The molecule has 0 amide bonds. The molecule has 1 heteroatoms. The summed E-state index contributed by atoms with van der Waals surface area (Å²) >= 11 is 0. The summed E-state index contributed by atoms with van der Waals surface area (Å²) in [6.07, 6.45) is 9.80. The second kappa shape index (κ2) is 4.10. The van der Waals surface area contributed by atoms with Gasteiger partial charge < -0.3 is 5.32 Å². The topological polar surface area (TPSA) is 12.0 Å². The second-order valence-electron chi connectivity index (χ2n) is 3.84. The summed E-state index contributed by atoms with van der Waals surface area (Å²) < 4.78 is 0. The lowest BCUT2D eigenvalue weighted by Gasteiger charge is -2.37. The third-order valence-corrected chi connectivity index (χ3v) is 3.07. The van der Waals surface area contributed by atoms with Gasteiger partial charge in [0.1, 0.15) is 0 Å². The largest absolute Gasteiger partial charge is 0.314 e. The molecule has 1 rings (SSSR count). The van der Waals surface area contributed by atoms with Crippen LogP contribution in [0.5, 0.6) is 0 Å². The molecule has 66 valence electrons. The fraction of sp³-hybridized carbons (Fsp3) is 1.00. The third-order valence-electron chi connectivity index (χ3n) is 3.07. The van der Waals surface area contributed by atoms with Gasteiger partial charge in [-0.25, -0.2) is 0 Å². The Bertz CT molecular complexity index is 97.9. The zero-order chi connectivity index (χ0) is 8.16. The lowest BCUT2D eigenvalue weighted by atomic mass is 9.79. The summed E-state index contributed by atoms with van der Waals surface area (Å²) in [7, 11) is 2.13. The Balaban J connectivity index is 2.42. The molecule has 0 spiro atoms. The second-order valence-corrected chi connectivity index (χ2v) is 3.84. The van der Waals surface area contributed by atoms with Crippen molar-refractivity contribution in [1.82, 2.24) is 5.32 Å². The van der Waals surface area contributed by atoms with Crippen LogP contribution in [0.1, 0.15) is 51.9 Å². The zero-order valence-electron chi connectivity index (χ0n) is 7.95.